The molecule has 1 N–H and O–H groups in total. The van der Waals surface area contributed by atoms with E-state index in [-0.39, 0.29) is 25.9 Å². The third kappa shape index (κ3) is 5.23. The number of hydrogen-bond donors (Lipinski definition) is 1. The molecule has 0 unspecified atom stereocenters. The summed E-state index contributed by atoms with van der Waals surface area (Å²) in [6, 6.07) is 0. The molecule has 0 aromatic carbocycles. The molecule has 0 radical (unpaired) electrons. The van der Waals surface area contributed by atoms with E-state index in [4.69, 9.17) is 14.2 Å². The minimum Gasteiger partial charge on any atom is -0.463 e. The summed E-state index contributed by atoms with van der Waals surface area (Å²) in [5.74, 6) is -2.30. The summed E-state index contributed by atoms with van der Waals surface area (Å²) in [6.07, 6.45) is 0.632. The van der Waals surface area contributed by atoms with Crippen molar-refractivity contribution in [2.24, 2.45) is 0 Å². The Bertz CT molecular complexity index is 844. The molecule has 1 aliphatic heterocycles. The standard InChI is InChI=1S/C17H19FN2O7/c1-3-5-14(21)25-9-12-11(27-15(22)6-4-2)7-13(26-12)20-8-10(18)16(23)19-17(20)24/h3-4,8,11-13H,1-2,5-7,9H2,(H,19,23,24)/t11-,12+,13+/m0/s1. The number of rotatable bonds is 8. The Morgan fingerprint density at radius 1 is 1.30 bits per heavy atom. The van der Waals surface area contributed by atoms with Crippen LogP contribution >= 0.6 is 0 Å². The predicted octanol–water partition coefficient (Wildman–Crippen LogP) is 0.570. The maximum Gasteiger partial charge on any atom is 0.330 e. The summed E-state index contributed by atoms with van der Waals surface area (Å²) in [5, 5.41) is 0. The van der Waals surface area contributed by atoms with Gasteiger partial charge in [0.05, 0.1) is 19.0 Å². The van der Waals surface area contributed by atoms with Gasteiger partial charge in [-0.2, -0.15) is 4.39 Å². The highest BCUT2D eigenvalue weighted by molar-refractivity contribution is 5.71. The van der Waals surface area contributed by atoms with Crippen molar-refractivity contribution in [3.63, 3.8) is 0 Å². The fourth-order valence-corrected chi connectivity index (χ4v) is 2.51. The van der Waals surface area contributed by atoms with Gasteiger partial charge in [-0.25, -0.2) is 4.79 Å². The lowest BCUT2D eigenvalue weighted by molar-refractivity contribution is -0.157. The van der Waals surface area contributed by atoms with Crippen LogP contribution in [0, 0.1) is 5.82 Å². The second-order valence-corrected chi connectivity index (χ2v) is 5.71. The highest BCUT2D eigenvalue weighted by Gasteiger charge is 2.40. The van der Waals surface area contributed by atoms with Gasteiger partial charge in [0.15, 0.2) is 0 Å². The number of carbonyl (C=O) groups is 2. The molecule has 0 bridgehead atoms. The van der Waals surface area contributed by atoms with Gasteiger partial charge in [0.2, 0.25) is 5.82 Å². The topological polar surface area (TPSA) is 117 Å². The van der Waals surface area contributed by atoms with E-state index >= 15 is 0 Å². The van der Waals surface area contributed by atoms with E-state index in [2.05, 4.69) is 13.2 Å². The lowest BCUT2D eigenvalue weighted by Crippen LogP contribution is -2.34. The SMILES string of the molecule is C=CCC(=O)OC[C@H]1O[C@@H](n2cc(F)c(=O)[nH]c2=O)C[C@@H]1OC(=O)CC=C. The van der Waals surface area contributed by atoms with Gasteiger partial charge < -0.3 is 14.2 Å². The Hall–Kier alpha value is -3.01. The van der Waals surface area contributed by atoms with Crippen LogP contribution in [0.1, 0.15) is 25.5 Å². The first-order valence-electron chi connectivity index (χ1n) is 8.09. The van der Waals surface area contributed by atoms with Crippen molar-refractivity contribution >= 4 is 11.9 Å². The number of nitrogens with zero attached hydrogens (tertiary/aromatic N) is 1. The molecular weight excluding hydrogens is 363 g/mol. The van der Waals surface area contributed by atoms with Gasteiger partial charge in [0.25, 0.3) is 5.56 Å². The Kier molecular flexibility index (Phi) is 6.83. The van der Waals surface area contributed by atoms with Gasteiger partial charge >= 0.3 is 17.6 Å². The van der Waals surface area contributed by atoms with Crippen LogP contribution in [0.3, 0.4) is 0 Å². The minimum absolute atomic E-state index is 0.00203. The summed E-state index contributed by atoms with van der Waals surface area (Å²) < 4.78 is 30.3. The van der Waals surface area contributed by atoms with Crippen molar-refractivity contribution in [1.82, 2.24) is 9.55 Å². The van der Waals surface area contributed by atoms with Gasteiger partial charge in [-0.3, -0.25) is 23.9 Å². The van der Waals surface area contributed by atoms with Gasteiger partial charge in [0.1, 0.15) is 25.0 Å². The first-order valence-corrected chi connectivity index (χ1v) is 8.09. The Morgan fingerprint density at radius 2 is 1.96 bits per heavy atom. The average molecular weight is 382 g/mol. The molecule has 9 nitrogen and oxygen atoms in total. The number of ether oxygens (including phenoxy) is 3. The molecule has 146 valence electrons. The molecule has 0 spiro atoms. The predicted molar refractivity (Wildman–Crippen MR) is 90.3 cm³/mol. The van der Waals surface area contributed by atoms with Crippen molar-refractivity contribution in [3.05, 3.63) is 58.2 Å². The monoisotopic (exact) mass is 382 g/mol. The third-order valence-electron chi connectivity index (χ3n) is 3.73. The van der Waals surface area contributed by atoms with Crippen LogP contribution in [-0.2, 0) is 23.8 Å². The molecule has 1 fully saturated rings. The number of carbonyl (C=O) groups excluding carboxylic acids is 2. The maximum atomic E-state index is 13.5. The quantitative estimate of drug-likeness (QED) is 0.516. The van der Waals surface area contributed by atoms with Crippen LogP contribution in [0.25, 0.3) is 0 Å². The maximum absolute atomic E-state index is 13.5. The molecule has 0 aliphatic carbocycles. The highest BCUT2D eigenvalue weighted by atomic mass is 19.1. The van der Waals surface area contributed by atoms with E-state index in [1.54, 1.807) is 0 Å². The largest absolute Gasteiger partial charge is 0.463 e. The highest BCUT2D eigenvalue weighted by Crippen LogP contribution is 2.30. The smallest absolute Gasteiger partial charge is 0.330 e. The molecule has 0 saturated carbocycles. The van der Waals surface area contributed by atoms with Crippen LogP contribution in [0.5, 0.6) is 0 Å². The van der Waals surface area contributed by atoms with Crippen LogP contribution in [0.4, 0.5) is 4.39 Å². The Labute approximate surface area is 153 Å². The summed E-state index contributed by atoms with van der Waals surface area (Å²) in [7, 11) is 0. The third-order valence-corrected chi connectivity index (χ3v) is 3.73. The van der Waals surface area contributed by atoms with Crippen LogP contribution < -0.4 is 11.2 Å². The fourth-order valence-electron chi connectivity index (χ4n) is 2.51. The summed E-state index contributed by atoms with van der Waals surface area (Å²) >= 11 is 0. The van der Waals surface area contributed by atoms with E-state index in [9.17, 15) is 23.6 Å². The first-order chi connectivity index (χ1) is 12.8. The van der Waals surface area contributed by atoms with Crippen molar-refractivity contribution in [2.75, 3.05) is 6.61 Å². The molecule has 1 aromatic rings. The number of halogens is 1. The molecular formula is C17H19FN2O7. The molecule has 2 rings (SSSR count). The lowest BCUT2D eigenvalue weighted by Gasteiger charge is -2.18. The summed E-state index contributed by atoms with van der Waals surface area (Å²) in [4.78, 5) is 48.1. The zero-order chi connectivity index (χ0) is 20.0. The van der Waals surface area contributed by atoms with E-state index < -0.39 is 47.4 Å². The van der Waals surface area contributed by atoms with Crippen molar-refractivity contribution in [3.8, 4) is 0 Å². The molecule has 10 heteroatoms. The second-order valence-electron chi connectivity index (χ2n) is 5.71. The zero-order valence-electron chi connectivity index (χ0n) is 14.4. The Morgan fingerprint density at radius 3 is 2.63 bits per heavy atom. The van der Waals surface area contributed by atoms with Gasteiger partial charge in [0, 0.05) is 6.42 Å². The number of aromatic nitrogens is 2. The van der Waals surface area contributed by atoms with Crippen LogP contribution in [0.15, 0.2) is 41.1 Å². The molecule has 3 atom stereocenters. The van der Waals surface area contributed by atoms with E-state index in [0.29, 0.717) is 6.20 Å². The zero-order valence-corrected chi connectivity index (χ0v) is 14.4. The minimum atomic E-state index is -1.17. The molecule has 27 heavy (non-hydrogen) atoms. The van der Waals surface area contributed by atoms with Crippen LogP contribution in [-0.4, -0.2) is 40.3 Å². The lowest BCUT2D eigenvalue weighted by atomic mass is 10.2. The molecule has 0 amide bonds. The molecule has 1 aromatic heterocycles. The van der Waals surface area contributed by atoms with Crippen LogP contribution in [0.2, 0.25) is 0 Å². The van der Waals surface area contributed by atoms with E-state index in [1.165, 1.54) is 12.2 Å². The van der Waals surface area contributed by atoms with Gasteiger partial charge in [-0.05, 0) is 0 Å². The van der Waals surface area contributed by atoms with Crippen molar-refractivity contribution < 1.29 is 28.2 Å². The average Bonchev–Trinajstić information content (AvgIpc) is 2.99. The molecule has 1 saturated heterocycles. The molecule has 1 aliphatic rings. The van der Waals surface area contributed by atoms with E-state index in [0.717, 1.165) is 4.57 Å². The Balaban J connectivity index is 2.18. The van der Waals surface area contributed by atoms with Gasteiger partial charge in [-0.15, -0.1) is 13.2 Å². The normalized spacial score (nSPS) is 21.4. The van der Waals surface area contributed by atoms with Crippen molar-refractivity contribution in [2.45, 2.75) is 37.7 Å². The second kappa shape index (κ2) is 9.08. The number of esters is 2. The number of nitrogens with one attached hydrogen (secondary N) is 1. The first kappa shape index (κ1) is 20.3. The summed E-state index contributed by atoms with van der Waals surface area (Å²) in [6.45, 7) is 6.61. The summed E-state index contributed by atoms with van der Waals surface area (Å²) in [5.41, 5.74) is -2.04. The fraction of sp³-hybridized carbons (Fsp3) is 0.412. The number of aromatic amines is 1. The number of hydrogen-bond acceptors (Lipinski definition) is 7. The number of H-pyrrole nitrogens is 1. The molecule has 2 heterocycles. The van der Waals surface area contributed by atoms with Gasteiger partial charge in [-0.1, -0.05) is 12.2 Å². The van der Waals surface area contributed by atoms with Crippen molar-refractivity contribution in [1.29, 1.82) is 0 Å². The van der Waals surface area contributed by atoms with E-state index in [1.807, 2.05) is 4.98 Å².